The van der Waals surface area contributed by atoms with Crippen LogP contribution >= 0.6 is 11.6 Å². The molecule has 0 heterocycles. The van der Waals surface area contributed by atoms with Crippen LogP contribution in [0.5, 0.6) is 5.75 Å². The van der Waals surface area contributed by atoms with Gasteiger partial charge in [-0.3, -0.25) is 0 Å². The molecule has 0 aromatic heterocycles. The zero-order valence-corrected chi connectivity index (χ0v) is 8.42. The molecule has 0 aliphatic rings. The van der Waals surface area contributed by atoms with E-state index in [1.54, 1.807) is 0 Å². The second kappa shape index (κ2) is 4.93. The third kappa shape index (κ3) is 2.79. The Morgan fingerprint density at radius 1 is 1.47 bits per heavy atom. The summed E-state index contributed by atoms with van der Waals surface area (Å²) in [5.74, 6) is -1.12. The molecule has 0 saturated heterocycles. The Bertz CT molecular complexity index is 368. The van der Waals surface area contributed by atoms with Crippen LogP contribution in [0.1, 0.15) is 10.4 Å². The zero-order valence-electron chi connectivity index (χ0n) is 7.67. The number of alkyl halides is 2. The van der Waals surface area contributed by atoms with Gasteiger partial charge in [-0.05, 0) is 12.1 Å². The molecule has 1 rings (SSSR count). The molecule has 0 saturated carbocycles. The minimum absolute atomic E-state index is 0.000000000000000666. The molecule has 0 amide bonds. The van der Waals surface area contributed by atoms with Crippen molar-refractivity contribution in [3.05, 3.63) is 28.8 Å². The van der Waals surface area contributed by atoms with E-state index in [1.807, 2.05) is 0 Å². The lowest BCUT2D eigenvalue weighted by Crippen LogP contribution is -2.09. The minimum Gasteiger partial charge on any atom is -0.465 e. The SMILES string of the molecule is COC(=O)c1c(Cl)cccc1OC(F)F. The molecule has 3 nitrogen and oxygen atoms in total. The van der Waals surface area contributed by atoms with Crippen molar-refractivity contribution in [2.24, 2.45) is 0 Å². The number of hydrogen-bond acceptors (Lipinski definition) is 3. The van der Waals surface area contributed by atoms with Gasteiger partial charge in [-0.2, -0.15) is 8.78 Å². The summed E-state index contributed by atoms with van der Waals surface area (Å²) < 4.78 is 32.5. The lowest BCUT2D eigenvalue weighted by atomic mass is 10.2. The van der Waals surface area contributed by atoms with Crippen LogP contribution < -0.4 is 4.74 Å². The largest absolute Gasteiger partial charge is 0.465 e. The molecule has 0 aliphatic carbocycles. The molecule has 82 valence electrons. The van der Waals surface area contributed by atoms with Gasteiger partial charge in [0.15, 0.2) is 0 Å². The fraction of sp³-hybridized carbons (Fsp3) is 0.222. The van der Waals surface area contributed by atoms with E-state index in [9.17, 15) is 13.6 Å². The normalized spacial score (nSPS) is 10.2. The van der Waals surface area contributed by atoms with Crippen molar-refractivity contribution in [3.8, 4) is 5.75 Å². The van der Waals surface area contributed by atoms with Crippen LogP contribution in [0.25, 0.3) is 0 Å². The molecule has 0 fully saturated rings. The number of ether oxygens (including phenoxy) is 2. The highest BCUT2D eigenvalue weighted by Gasteiger charge is 2.19. The zero-order chi connectivity index (χ0) is 11.4. The minimum atomic E-state index is -3.02. The first-order valence-corrected chi connectivity index (χ1v) is 4.25. The van der Waals surface area contributed by atoms with Crippen LogP contribution in [0.4, 0.5) is 8.78 Å². The lowest BCUT2D eigenvalue weighted by Gasteiger charge is -2.09. The first-order valence-electron chi connectivity index (χ1n) is 3.88. The second-order valence-corrected chi connectivity index (χ2v) is 2.89. The molecule has 15 heavy (non-hydrogen) atoms. The standard InChI is InChI=1S/C9H7ClF2O3/c1-14-8(13)7-5(10)3-2-4-6(7)15-9(11)12/h2-4,9H,1H3. The molecule has 0 N–H and O–H groups in total. The predicted octanol–water partition coefficient (Wildman–Crippen LogP) is 2.73. The Kier molecular flexibility index (Phi) is 3.85. The van der Waals surface area contributed by atoms with Crippen molar-refractivity contribution < 1.29 is 23.0 Å². The highest BCUT2D eigenvalue weighted by Crippen LogP contribution is 2.28. The maximum atomic E-state index is 12.0. The van der Waals surface area contributed by atoms with Gasteiger partial charge in [0.05, 0.1) is 12.1 Å². The van der Waals surface area contributed by atoms with Gasteiger partial charge < -0.3 is 9.47 Å². The number of methoxy groups -OCH3 is 1. The van der Waals surface area contributed by atoms with E-state index in [1.165, 1.54) is 18.2 Å². The van der Waals surface area contributed by atoms with Gasteiger partial charge in [0, 0.05) is 0 Å². The average molecular weight is 237 g/mol. The molecule has 0 unspecified atom stereocenters. The van der Waals surface area contributed by atoms with Crippen LogP contribution in [0.2, 0.25) is 5.02 Å². The van der Waals surface area contributed by atoms with Gasteiger partial charge >= 0.3 is 12.6 Å². The molecule has 1 aromatic carbocycles. The van der Waals surface area contributed by atoms with Crippen LogP contribution in [0.15, 0.2) is 18.2 Å². The van der Waals surface area contributed by atoms with E-state index in [2.05, 4.69) is 9.47 Å². The molecule has 0 atom stereocenters. The van der Waals surface area contributed by atoms with Crippen LogP contribution in [0, 0.1) is 0 Å². The number of halogens is 3. The lowest BCUT2D eigenvalue weighted by molar-refractivity contribution is -0.0503. The highest BCUT2D eigenvalue weighted by molar-refractivity contribution is 6.34. The maximum Gasteiger partial charge on any atom is 0.387 e. The smallest absolute Gasteiger partial charge is 0.387 e. The summed E-state index contributed by atoms with van der Waals surface area (Å²) in [7, 11) is 1.12. The highest BCUT2D eigenvalue weighted by atomic mass is 35.5. The molecular weight excluding hydrogens is 230 g/mol. The van der Waals surface area contributed by atoms with E-state index in [0.717, 1.165) is 7.11 Å². The quantitative estimate of drug-likeness (QED) is 0.757. The fourth-order valence-corrected chi connectivity index (χ4v) is 1.24. The summed E-state index contributed by atoms with van der Waals surface area (Å²) in [5, 5.41) is 0.000000000000000666. The first kappa shape index (κ1) is 11.7. The van der Waals surface area contributed by atoms with E-state index in [4.69, 9.17) is 11.6 Å². The predicted molar refractivity (Wildman–Crippen MR) is 49.4 cm³/mol. The summed E-state index contributed by atoms with van der Waals surface area (Å²) in [5.41, 5.74) is -0.207. The molecule has 0 bridgehead atoms. The summed E-state index contributed by atoms with van der Waals surface area (Å²) in [6.07, 6.45) is 0. The number of rotatable bonds is 3. The van der Waals surface area contributed by atoms with Crippen molar-refractivity contribution in [2.45, 2.75) is 6.61 Å². The van der Waals surface area contributed by atoms with E-state index < -0.39 is 12.6 Å². The number of esters is 1. The van der Waals surface area contributed by atoms with Gasteiger partial charge in [0.1, 0.15) is 11.3 Å². The Morgan fingerprint density at radius 2 is 2.13 bits per heavy atom. The van der Waals surface area contributed by atoms with Crippen LogP contribution in [0.3, 0.4) is 0 Å². The monoisotopic (exact) mass is 236 g/mol. The van der Waals surface area contributed by atoms with Crippen molar-refractivity contribution >= 4 is 17.6 Å². The number of benzene rings is 1. The van der Waals surface area contributed by atoms with E-state index >= 15 is 0 Å². The summed E-state index contributed by atoms with van der Waals surface area (Å²) in [4.78, 5) is 11.2. The van der Waals surface area contributed by atoms with Crippen LogP contribution in [-0.2, 0) is 4.74 Å². The van der Waals surface area contributed by atoms with Crippen molar-refractivity contribution in [1.82, 2.24) is 0 Å². The number of carbonyl (C=O) groups is 1. The first-order chi connectivity index (χ1) is 7.06. The number of carbonyl (C=O) groups excluding carboxylic acids is 1. The van der Waals surface area contributed by atoms with E-state index in [0.29, 0.717) is 0 Å². The number of hydrogen-bond donors (Lipinski definition) is 0. The Labute approximate surface area is 89.5 Å². The van der Waals surface area contributed by atoms with Gasteiger partial charge in [0.25, 0.3) is 0 Å². The van der Waals surface area contributed by atoms with Crippen LogP contribution in [-0.4, -0.2) is 19.7 Å². The topological polar surface area (TPSA) is 35.5 Å². The molecular formula is C9H7ClF2O3. The fourth-order valence-electron chi connectivity index (χ4n) is 0.999. The third-order valence-electron chi connectivity index (χ3n) is 1.58. The van der Waals surface area contributed by atoms with E-state index in [-0.39, 0.29) is 16.3 Å². The maximum absolute atomic E-state index is 12.0. The summed E-state index contributed by atoms with van der Waals surface area (Å²) in [6, 6.07) is 3.99. The molecule has 0 aliphatic heterocycles. The molecule has 1 aromatic rings. The van der Waals surface area contributed by atoms with Crippen molar-refractivity contribution in [1.29, 1.82) is 0 Å². The van der Waals surface area contributed by atoms with Gasteiger partial charge in [-0.15, -0.1) is 0 Å². The molecule has 0 radical (unpaired) electrons. The van der Waals surface area contributed by atoms with Gasteiger partial charge in [-0.1, -0.05) is 17.7 Å². The summed E-state index contributed by atoms with van der Waals surface area (Å²) in [6.45, 7) is -3.02. The van der Waals surface area contributed by atoms with Crippen molar-refractivity contribution in [2.75, 3.05) is 7.11 Å². The summed E-state index contributed by atoms with van der Waals surface area (Å²) >= 11 is 5.66. The van der Waals surface area contributed by atoms with Gasteiger partial charge in [-0.25, -0.2) is 4.79 Å². The Morgan fingerprint density at radius 3 is 2.67 bits per heavy atom. The van der Waals surface area contributed by atoms with Gasteiger partial charge in [0.2, 0.25) is 0 Å². The molecule has 0 spiro atoms. The Balaban J connectivity index is 3.14. The average Bonchev–Trinajstić information content (AvgIpc) is 2.16. The second-order valence-electron chi connectivity index (χ2n) is 2.48. The third-order valence-corrected chi connectivity index (χ3v) is 1.90. The molecule has 6 heteroatoms. The van der Waals surface area contributed by atoms with Crippen molar-refractivity contribution in [3.63, 3.8) is 0 Å². The Hall–Kier alpha value is -1.36.